The number of hydrogen-bond acceptors (Lipinski definition) is 2. The Morgan fingerprint density at radius 3 is 2.65 bits per heavy atom. The van der Waals surface area contributed by atoms with Crippen LogP contribution in [0, 0.1) is 0 Å². The average Bonchev–Trinajstić information content (AvgIpc) is 2.64. The number of benzene rings is 2. The molecule has 0 heterocycles. The minimum absolute atomic E-state index is 0.0457. The molecule has 26 heavy (non-hydrogen) atoms. The van der Waals surface area contributed by atoms with Gasteiger partial charge in [-0.2, -0.15) is 0 Å². The highest BCUT2D eigenvalue weighted by molar-refractivity contribution is 9.10. The van der Waals surface area contributed by atoms with Crippen molar-refractivity contribution in [1.29, 1.82) is 0 Å². The smallest absolute Gasteiger partial charge is 0.319 e. The zero-order chi connectivity index (χ0) is 18.4. The zero-order valence-corrected chi connectivity index (χ0v) is 16.0. The third kappa shape index (κ3) is 5.08. The van der Waals surface area contributed by atoms with Crippen LogP contribution in [0.15, 0.2) is 53.0 Å². The molecule has 136 valence electrons. The summed E-state index contributed by atoms with van der Waals surface area (Å²) >= 11 is 3.35. The summed E-state index contributed by atoms with van der Waals surface area (Å²) in [5.41, 5.74) is 3.23. The second-order valence-corrected chi connectivity index (χ2v) is 7.26. The van der Waals surface area contributed by atoms with Crippen molar-refractivity contribution in [2.24, 2.45) is 0 Å². The van der Waals surface area contributed by atoms with Crippen molar-refractivity contribution in [2.45, 2.75) is 31.7 Å². The summed E-state index contributed by atoms with van der Waals surface area (Å²) in [5, 5.41) is 8.53. The third-order valence-corrected chi connectivity index (χ3v) is 4.97. The van der Waals surface area contributed by atoms with Crippen molar-refractivity contribution in [1.82, 2.24) is 10.6 Å². The Balaban J connectivity index is 1.42. The Labute approximate surface area is 161 Å². The monoisotopic (exact) mass is 415 g/mol. The number of anilines is 1. The van der Waals surface area contributed by atoms with Crippen molar-refractivity contribution in [2.75, 3.05) is 11.9 Å². The van der Waals surface area contributed by atoms with Crippen LogP contribution >= 0.6 is 15.9 Å². The quantitative estimate of drug-likeness (QED) is 0.685. The SMILES string of the molecule is O=C(CCNC(=O)Nc1ccc(Br)cc1)NC1CCCc2ccccc21. The maximum absolute atomic E-state index is 12.2. The minimum atomic E-state index is -0.317. The van der Waals surface area contributed by atoms with Crippen LogP contribution in [0.2, 0.25) is 0 Å². The molecule has 0 spiro atoms. The number of carbonyl (C=O) groups is 2. The molecular formula is C20H22BrN3O2. The average molecular weight is 416 g/mol. The van der Waals surface area contributed by atoms with E-state index in [9.17, 15) is 9.59 Å². The fourth-order valence-electron chi connectivity index (χ4n) is 3.17. The van der Waals surface area contributed by atoms with E-state index in [1.807, 2.05) is 24.3 Å². The Bertz CT molecular complexity index is 777. The summed E-state index contributed by atoms with van der Waals surface area (Å²) in [7, 11) is 0. The lowest BCUT2D eigenvalue weighted by molar-refractivity contribution is -0.121. The van der Waals surface area contributed by atoms with Crippen LogP contribution in [0.4, 0.5) is 10.5 Å². The molecule has 5 nitrogen and oxygen atoms in total. The van der Waals surface area contributed by atoms with E-state index in [1.165, 1.54) is 11.1 Å². The minimum Gasteiger partial charge on any atom is -0.349 e. The van der Waals surface area contributed by atoms with Crippen molar-refractivity contribution in [3.05, 3.63) is 64.1 Å². The molecule has 3 amide bonds. The second kappa shape index (κ2) is 8.85. The third-order valence-electron chi connectivity index (χ3n) is 4.44. The molecule has 0 bridgehead atoms. The molecule has 0 aromatic heterocycles. The van der Waals surface area contributed by atoms with Gasteiger partial charge in [-0.3, -0.25) is 4.79 Å². The van der Waals surface area contributed by atoms with E-state index >= 15 is 0 Å². The van der Waals surface area contributed by atoms with Gasteiger partial charge >= 0.3 is 6.03 Å². The van der Waals surface area contributed by atoms with E-state index < -0.39 is 0 Å². The number of urea groups is 1. The number of aryl methyl sites for hydroxylation is 1. The molecule has 0 saturated carbocycles. The summed E-state index contributed by atoms with van der Waals surface area (Å²) in [5.74, 6) is -0.0457. The lowest BCUT2D eigenvalue weighted by atomic mass is 9.88. The number of fused-ring (bicyclic) bond motifs is 1. The number of halogens is 1. The first-order valence-corrected chi connectivity index (χ1v) is 9.59. The van der Waals surface area contributed by atoms with E-state index in [1.54, 1.807) is 12.1 Å². The van der Waals surface area contributed by atoms with Crippen LogP contribution in [0.1, 0.15) is 36.4 Å². The maximum Gasteiger partial charge on any atom is 0.319 e. The van der Waals surface area contributed by atoms with Crippen LogP contribution in [0.5, 0.6) is 0 Å². The standard InChI is InChI=1S/C20H22BrN3O2/c21-15-8-10-16(11-9-15)23-20(26)22-13-12-19(25)24-18-7-3-5-14-4-1-2-6-17(14)18/h1-2,4,6,8-11,18H,3,5,7,12-13H2,(H,24,25)(H2,22,23,26). The molecule has 0 fully saturated rings. The lowest BCUT2D eigenvalue weighted by Gasteiger charge is -2.26. The van der Waals surface area contributed by atoms with Gasteiger partial charge in [-0.05, 0) is 54.7 Å². The van der Waals surface area contributed by atoms with Gasteiger partial charge in [0.15, 0.2) is 0 Å². The molecule has 1 atom stereocenters. The number of hydrogen-bond donors (Lipinski definition) is 3. The highest BCUT2D eigenvalue weighted by Crippen LogP contribution is 2.29. The second-order valence-electron chi connectivity index (χ2n) is 6.35. The van der Waals surface area contributed by atoms with Crippen LogP contribution in [0.3, 0.4) is 0 Å². The van der Waals surface area contributed by atoms with Crippen LogP contribution in [-0.4, -0.2) is 18.5 Å². The number of nitrogens with one attached hydrogen (secondary N) is 3. The molecule has 1 unspecified atom stereocenters. The largest absolute Gasteiger partial charge is 0.349 e. The highest BCUT2D eigenvalue weighted by atomic mass is 79.9. The summed E-state index contributed by atoms with van der Waals surface area (Å²) < 4.78 is 0.949. The van der Waals surface area contributed by atoms with Gasteiger partial charge in [0.25, 0.3) is 0 Å². The molecule has 3 rings (SSSR count). The number of amides is 3. The van der Waals surface area contributed by atoms with E-state index in [0.29, 0.717) is 12.2 Å². The molecule has 0 aliphatic heterocycles. The van der Waals surface area contributed by atoms with Crippen molar-refractivity contribution >= 4 is 33.6 Å². The van der Waals surface area contributed by atoms with Crippen LogP contribution < -0.4 is 16.0 Å². The normalized spacial score (nSPS) is 15.7. The maximum atomic E-state index is 12.2. The summed E-state index contributed by atoms with van der Waals surface area (Å²) in [6.45, 7) is 0.294. The molecule has 1 aliphatic rings. The van der Waals surface area contributed by atoms with Gasteiger partial charge < -0.3 is 16.0 Å². The molecule has 0 saturated heterocycles. The molecule has 2 aromatic rings. The fraction of sp³-hybridized carbons (Fsp3) is 0.300. The fourth-order valence-corrected chi connectivity index (χ4v) is 3.43. The van der Waals surface area contributed by atoms with Crippen LogP contribution in [0.25, 0.3) is 0 Å². The molecule has 0 radical (unpaired) electrons. The van der Waals surface area contributed by atoms with Gasteiger partial charge in [0.05, 0.1) is 6.04 Å². The van der Waals surface area contributed by atoms with Gasteiger partial charge in [-0.25, -0.2) is 4.79 Å². The van der Waals surface area contributed by atoms with Gasteiger partial charge in [0, 0.05) is 23.1 Å². The Hall–Kier alpha value is -2.34. The Morgan fingerprint density at radius 1 is 1.08 bits per heavy atom. The molecule has 3 N–H and O–H groups in total. The lowest BCUT2D eigenvalue weighted by Crippen LogP contribution is -2.35. The highest BCUT2D eigenvalue weighted by Gasteiger charge is 2.21. The summed E-state index contributed by atoms with van der Waals surface area (Å²) in [6.07, 6.45) is 3.36. The Morgan fingerprint density at radius 2 is 1.85 bits per heavy atom. The van der Waals surface area contributed by atoms with Gasteiger partial charge in [-0.1, -0.05) is 40.2 Å². The van der Waals surface area contributed by atoms with Gasteiger partial charge in [-0.15, -0.1) is 0 Å². The van der Waals surface area contributed by atoms with E-state index in [0.717, 1.165) is 23.7 Å². The van der Waals surface area contributed by atoms with Crippen molar-refractivity contribution in [3.8, 4) is 0 Å². The first kappa shape index (κ1) is 18.5. The van der Waals surface area contributed by atoms with Crippen LogP contribution in [-0.2, 0) is 11.2 Å². The summed E-state index contributed by atoms with van der Waals surface area (Å²) in [4.78, 5) is 24.1. The molecule has 1 aliphatic carbocycles. The molecule has 2 aromatic carbocycles. The van der Waals surface area contributed by atoms with Gasteiger partial charge in [0.2, 0.25) is 5.91 Å². The predicted molar refractivity (Wildman–Crippen MR) is 106 cm³/mol. The topological polar surface area (TPSA) is 70.2 Å². The Kier molecular flexibility index (Phi) is 6.28. The van der Waals surface area contributed by atoms with E-state index in [-0.39, 0.29) is 24.4 Å². The first-order chi connectivity index (χ1) is 12.6. The molecule has 6 heteroatoms. The zero-order valence-electron chi connectivity index (χ0n) is 14.4. The molecular weight excluding hydrogens is 394 g/mol. The van der Waals surface area contributed by atoms with Crippen molar-refractivity contribution < 1.29 is 9.59 Å². The number of rotatable bonds is 5. The van der Waals surface area contributed by atoms with Gasteiger partial charge in [0.1, 0.15) is 0 Å². The van der Waals surface area contributed by atoms with E-state index in [2.05, 4.69) is 44.0 Å². The summed E-state index contributed by atoms with van der Waals surface area (Å²) in [6, 6.07) is 15.3. The predicted octanol–water partition coefficient (Wildman–Crippen LogP) is 4.15. The van der Waals surface area contributed by atoms with Crippen molar-refractivity contribution in [3.63, 3.8) is 0 Å². The first-order valence-electron chi connectivity index (χ1n) is 8.79. The number of carbonyl (C=O) groups excluding carboxylic acids is 2. The van der Waals surface area contributed by atoms with E-state index in [4.69, 9.17) is 0 Å².